The fraction of sp³-hybridized carbons (Fsp3) is 0.400. The Balaban J connectivity index is 2.24. The highest BCUT2D eigenvalue weighted by Crippen LogP contribution is 2.23. The molecule has 0 saturated carbocycles. The van der Waals surface area contributed by atoms with Gasteiger partial charge in [-0.3, -0.25) is 0 Å². The van der Waals surface area contributed by atoms with Crippen molar-refractivity contribution in [1.29, 1.82) is 0 Å². The van der Waals surface area contributed by atoms with Crippen LogP contribution in [0.15, 0.2) is 42.5 Å². The Kier molecular flexibility index (Phi) is 5.58. The van der Waals surface area contributed by atoms with E-state index in [2.05, 4.69) is 75.5 Å². The molecule has 0 fully saturated rings. The van der Waals surface area contributed by atoms with Crippen molar-refractivity contribution in [3.05, 3.63) is 70.3 Å². The number of benzene rings is 2. The lowest BCUT2D eigenvalue weighted by Gasteiger charge is -2.21. The largest absolute Gasteiger partial charge is 0.310 e. The maximum absolute atomic E-state index is 3.71. The minimum Gasteiger partial charge on any atom is -0.310 e. The van der Waals surface area contributed by atoms with Gasteiger partial charge in [0.05, 0.1) is 0 Å². The Morgan fingerprint density at radius 3 is 2.33 bits per heavy atom. The van der Waals surface area contributed by atoms with Crippen molar-refractivity contribution in [3.8, 4) is 0 Å². The molecular formula is C20H27N. The molecule has 21 heavy (non-hydrogen) atoms. The zero-order valence-corrected chi connectivity index (χ0v) is 13.7. The second-order valence-corrected chi connectivity index (χ2v) is 5.99. The molecule has 0 radical (unpaired) electrons. The zero-order chi connectivity index (χ0) is 15.2. The van der Waals surface area contributed by atoms with Crippen LogP contribution in [0.1, 0.15) is 47.2 Å². The standard InChI is InChI=1S/C20H27N/c1-5-12-21-20(19-9-7-6-8-16(19)3)14-18-11-10-15(2)17(4)13-18/h6-11,13,20-21H,5,12,14H2,1-4H3. The number of rotatable bonds is 6. The van der Waals surface area contributed by atoms with Gasteiger partial charge in [0, 0.05) is 6.04 Å². The average molecular weight is 281 g/mol. The Hall–Kier alpha value is -1.60. The van der Waals surface area contributed by atoms with E-state index in [1.165, 1.54) is 27.8 Å². The molecule has 0 heterocycles. The number of hydrogen-bond donors (Lipinski definition) is 1. The summed E-state index contributed by atoms with van der Waals surface area (Å²) < 4.78 is 0. The van der Waals surface area contributed by atoms with Gasteiger partial charge in [-0.25, -0.2) is 0 Å². The summed E-state index contributed by atoms with van der Waals surface area (Å²) in [6, 6.07) is 15.9. The number of nitrogens with one attached hydrogen (secondary N) is 1. The minimum absolute atomic E-state index is 0.397. The predicted molar refractivity (Wildman–Crippen MR) is 91.8 cm³/mol. The normalized spacial score (nSPS) is 12.4. The lowest BCUT2D eigenvalue weighted by Crippen LogP contribution is -2.24. The monoisotopic (exact) mass is 281 g/mol. The average Bonchev–Trinajstić information content (AvgIpc) is 2.48. The first kappa shape index (κ1) is 15.8. The van der Waals surface area contributed by atoms with Crippen LogP contribution in [-0.4, -0.2) is 6.54 Å². The van der Waals surface area contributed by atoms with Gasteiger partial charge >= 0.3 is 0 Å². The van der Waals surface area contributed by atoms with E-state index in [1.807, 2.05) is 0 Å². The zero-order valence-electron chi connectivity index (χ0n) is 13.7. The van der Waals surface area contributed by atoms with E-state index in [0.29, 0.717) is 6.04 Å². The van der Waals surface area contributed by atoms with Crippen LogP contribution in [0.5, 0.6) is 0 Å². The molecule has 1 heteroatoms. The Bertz CT molecular complexity index is 586. The topological polar surface area (TPSA) is 12.0 Å². The first-order valence-electron chi connectivity index (χ1n) is 7.97. The summed E-state index contributed by atoms with van der Waals surface area (Å²) in [6.45, 7) is 9.85. The van der Waals surface area contributed by atoms with Crippen molar-refractivity contribution in [3.63, 3.8) is 0 Å². The van der Waals surface area contributed by atoms with E-state index in [-0.39, 0.29) is 0 Å². The molecule has 1 atom stereocenters. The molecule has 112 valence electrons. The highest BCUT2D eigenvalue weighted by molar-refractivity contribution is 5.34. The molecule has 0 bridgehead atoms. The van der Waals surface area contributed by atoms with Crippen molar-refractivity contribution >= 4 is 0 Å². The molecule has 0 amide bonds. The van der Waals surface area contributed by atoms with Gasteiger partial charge in [0.2, 0.25) is 0 Å². The van der Waals surface area contributed by atoms with Crippen LogP contribution in [0.4, 0.5) is 0 Å². The molecule has 1 N–H and O–H groups in total. The molecule has 0 saturated heterocycles. The summed E-state index contributed by atoms with van der Waals surface area (Å²) in [6.07, 6.45) is 2.21. The molecule has 0 spiro atoms. The third kappa shape index (κ3) is 4.18. The van der Waals surface area contributed by atoms with Crippen LogP contribution in [-0.2, 0) is 6.42 Å². The van der Waals surface area contributed by atoms with E-state index in [0.717, 1.165) is 19.4 Å². The number of hydrogen-bond acceptors (Lipinski definition) is 1. The molecule has 1 nitrogen and oxygen atoms in total. The summed E-state index contributed by atoms with van der Waals surface area (Å²) >= 11 is 0. The van der Waals surface area contributed by atoms with Gasteiger partial charge in [-0.05, 0) is 68.0 Å². The fourth-order valence-corrected chi connectivity index (χ4v) is 2.75. The highest BCUT2D eigenvalue weighted by Gasteiger charge is 2.13. The summed E-state index contributed by atoms with van der Waals surface area (Å²) in [5.74, 6) is 0. The van der Waals surface area contributed by atoms with Gasteiger partial charge in [-0.2, -0.15) is 0 Å². The highest BCUT2D eigenvalue weighted by atomic mass is 14.9. The molecular weight excluding hydrogens is 254 g/mol. The summed E-state index contributed by atoms with van der Waals surface area (Å²) in [5.41, 5.74) is 6.95. The van der Waals surface area contributed by atoms with Crippen LogP contribution in [0.2, 0.25) is 0 Å². The summed E-state index contributed by atoms with van der Waals surface area (Å²) in [4.78, 5) is 0. The van der Waals surface area contributed by atoms with Crippen LogP contribution < -0.4 is 5.32 Å². The lowest BCUT2D eigenvalue weighted by molar-refractivity contribution is 0.527. The van der Waals surface area contributed by atoms with Crippen LogP contribution >= 0.6 is 0 Å². The van der Waals surface area contributed by atoms with Gasteiger partial charge in [-0.1, -0.05) is 49.4 Å². The van der Waals surface area contributed by atoms with E-state index in [1.54, 1.807) is 0 Å². The molecule has 2 aromatic rings. The van der Waals surface area contributed by atoms with Crippen molar-refractivity contribution in [2.24, 2.45) is 0 Å². The summed E-state index contributed by atoms with van der Waals surface area (Å²) in [7, 11) is 0. The quantitative estimate of drug-likeness (QED) is 0.794. The molecule has 0 aliphatic carbocycles. The van der Waals surface area contributed by atoms with Crippen molar-refractivity contribution in [2.75, 3.05) is 6.54 Å². The summed E-state index contributed by atoms with van der Waals surface area (Å²) in [5, 5.41) is 3.71. The minimum atomic E-state index is 0.397. The third-order valence-corrected chi connectivity index (χ3v) is 4.22. The molecule has 0 aliphatic rings. The molecule has 1 unspecified atom stereocenters. The van der Waals surface area contributed by atoms with Crippen molar-refractivity contribution in [1.82, 2.24) is 5.32 Å². The smallest absolute Gasteiger partial charge is 0.0363 e. The predicted octanol–water partition coefficient (Wildman–Crippen LogP) is 4.90. The Labute approximate surface area is 129 Å². The Morgan fingerprint density at radius 1 is 0.905 bits per heavy atom. The van der Waals surface area contributed by atoms with Crippen LogP contribution in [0, 0.1) is 20.8 Å². The van der Waals surface area contributed by atoms with E-state index >= 15 is 0 Å². The van der Waals surface area contributed by atoms with Gasteiger partial charge in [0.1, 0.15) is 0 Å². The number of aryl methyl sites for hydroxylation is 3. The second kappa shape index (κ2) is 7.42. The van der Waals surface area contributed by atoms with E-state index in [9.17, 15) is 0 Å². The van der Waals surface area contributed by atoms with Gasteiger partial charge in [0.25, 0.3) is 0 Å². The SMILES string of the molecule is CCCNC(Cc1ccc(C)c(C)c1)c1ccccc1C. The van der Waals surface area contributed by atoms with Gasteiger partial charge in [0.15, 0.2) is 0 Å². The van der Waals surface area contributed by atoms with E-state index in [4.69, 9.17) is 0 Å². The third-order valence-electron chi connectivity index (χ3n) is 4.22. The molecule has 0 aliphatic heterocycles. The van der Waals surface area contributed by atoms with Gasteiger partial charge < -0.3 is 5.32 Å². The maximum atomic E-state index is 3.71. The van der Waals surface area contributed by atoms with Crippen LogP contribution in [0.3, 0.4) is 0 Å². The second-order valence-electron chi connectivity index (χ2n) is 5.99. The first-order chi connectivity index (χ1) is 10.1. The lowest BCUT2D eigenvalue weighted by atomic mass is 9.94. The maximum Gasteiger partial charge on any atom is 0.0363 e. The molecule has 0 aromatic heterocycles. The van der Waals surface area contributed by atoms with Crippen LogP contribution in [0.25, 0.3) is 0 Å². The van der Waals surface area contributed by atoms with E-state index < -0.39 is 0 Å². The van der Waals surface area contributed by atoms with Crippen molar-refractivity contribution in [2.45, 2.75) is 46.6 Å². The van der Waals surface area contributed by atoms with Crippen molar-refractivity contribution < 1.29 is 0 Å². The fourth-order valence-electron chi connectivity index (χ4n) is 2.75. The molecule has 2 rings (SSSR count). The van der Waals surface area contributed by atoms with Gasteiger partial charge in [-0.15, -0.1) is 0 Å². The molecule has 2 aromatic carbocycles. The first-order valence-corrected chi connectivity index (χ1v) is 7.97. The Morgan fingerprint density at radius 2 is 1.67 bits per heavy atom.